The maximum absolute atomic E-state index is 11.4. The van der Waals surface area contributed by atoms with Gasteiger partial charge in [0.15, 0.2) is 0 Å². The van der Waals surface area contributed by atoms with Gasteiger partial charge in [-0.2, -0.15) is 0 Å². The summed E-state index contributed by atoms with van der Waals surface area (Å²) in [6.45, 7) is 1.79. The number of rotatable bonds is 3. The molecule has 1 unspecified atom stereocenters. The van der Waals surface area contributed by atoms with Crippen molar-refractivity contribution >= 4 is 17.6 Å². The van der Waals surface area contributed by atoms with E-state index in [4.69, 9.17) is 11.6 Å². The molecule has 0 saturated heterocycles. The maximum Gasteiger partial charge on any atom is 0.314 e. The lowest BCUT2D eigenvalue weighted by Crippen LogP contribution is -2.34. The molecule has 0 radical (unpaired) electrons. The normalized spacial score (nSPS) is 19.6. The molecule has 1 aromatic carbocycles. The maximum atomic E-state index is 11.4. The van der Waals surface area contributed by atoms with E-state index in [-0.39, 0.29) is 5.92 Å². The Kier molecular flexibility index (Phi) is 2.47. The van der Waals surface area contributed by atoms with E-state index >= 15 is 0 Å². The molecule has 1 aliphatic carbocycles. The van der Waals surface area contributed by atoms with Gasteiger partial charge in [0.1, 0.15) is 0 Å². The molecule has 0 heterocycles. The van der Waals surface area contributed by atoms with Gasteiger partial charge < -0.3 is 5.11 Å². The van der Waals surface area contributed by atoms with Gasteiger partial charge in [0, 0.05) is 5.02 Å². The summed E-state index contributed by atoms with van der Waals surface area (Å²) in [5, 5.41) is 9.94. The second kappa shape index (κ2) is 3.53. The zero-order chi connectivity index (χ0) is 11.1. The lowest BCUT2D eigenvalue weighted by atomic mass is 9.78. The molecule has 0 aromatic heterocycles. The third-order valence-electron chi connectivity index (χ3n) is 3.26. The van der Waals surface area contributed by atoms with Crippen LogP contribution in [-0.2, 0) is 10.2 Å². The molecule has 1 N–H and O–H groups in total. The average Bonchev–Trinajstić information content (AvgIpc) is 2.99. The van der Waals surface area contributed by atoms with Gasteiger partial charge in [-0.1, -0.05) is 23.7 Å². The molecule has 1 fully saturated rings. The summed E-state index contributed by atoms with van der Waals surface area (Å²) in [6, 6.07) is 7.17. The van der Waals surface area contributed by atoms with Crippen LogP contribution in [0.4, 0.5) is 0 Å². The highest BCUT2D eigenvalue weighted by Crippen LogP contribution is 2.47. The van der Waals surface area contributed by atoms with Crippen molar-refractivity contribution in [3.05, 3.63) is 34.9 Å². The minimum atomic E-state index is -0.773. The van der Waals surface area contributed by atoms with Crippen molar-refractivity contribution in [2.24, 2.45) is 5.92 Å². The predicted molar refractivity (Wildman–Crippen MR) is 59.2 cm³/mol. The first-order valence-electron chi connectivity index (χ1n) is 5.04. The van der Waals surface area contributed by atoms with Crippen LogP contribution < -0.4 is 0 Å². The Morgan fingerprint density at radius 1 is 1.53 bits per heavy atom. The fraction of sp³-hybridized carbons (Fsp3) is 0.417. The highest BCUT2D eigenvalue weighted by atomic mass is 35.5. The highest BCUT2D eigenvalue weighted by molar-refractivity contribution is 6.30. The molecular weight excluding hydrogens is 212 g/mol. The number of carboxylic acid groups (broad SMARTS) is 1. The van der Waals surface area contributed by atoms with Crippen LogP contribution in [-0.4, -0.2) is 11.1 Å². The van der Waals surface area contributed by atoms with Gasteiger partial charge in [-0.3, -0.25) is 4.79 Å². The van der Waals surface area contributed by atoms with E-state index in [0.717, 1.165) is 18.4 Å². The van der Waals surface area contributed by atoms with Crippen molar-refractivity contribution in [1.82, 2.24) is 0 Å². The van der Waals surface area contributed by atoms with E-state index in [9.17, 15) is 9.90 Å². The molecule has 1 aromatic rings. The molecule has 0 amide bonds. The molecule has 1 aliphatic rings. The Morgan fingerprint density at radius 3 is 2.67 bits per heavy atom. The van der Waals surface area contributed by atoms with E-state index in [1.807, 2.05) is 6.07 Å². The number of halogens is 1. The number of aliphatic carboxylic acids is 1. The molecule has 15 heavy (non-hydrogen) atoms. The summed E-state index contributed by atoms with van der Waals surface area (Å²) >= 11 is 5.89. The Hall–Kier alpha value is -1.02. The van der Waals surface area contributed by atoms with Crippen molar-refractivity contribution in [2.75, 3.05) is 0 Å². The van der Waals surface area contributed by atoms with E-state index in [0.29, 0.717) is 5.02 Å². The Morgan fingerprint density at radius 2 is 2.20 bits per heavy atom. The zero-order valence-electron chi connectivity index (χ0n) is 8.53. The minimum absolute atomic E-state index is 0.258. The average molecular weight is 225 g/mol. The second-order valence-corrected chi connectivity index (χ2v) is 4.73. The van der Waals surface area contributed by atoms with Gasteiger partial charge in [-0.15, -0.1) is 0 Å². The van der Waals surface area contributed by atoms with Crippen molar-refractivity contribution in [1.29, 1.82) is 0 Å². The standard InChI is InChI=1S/C12H13ClO2/c1-12(11(14)15,8-5-6-8)9-3-2-4-10(13)7-9/h2-4,7-8H,5-6H2,1H3,(H,14,15). The Balaban J connectivity index is 2.45. The minimum Gasteiger partial charge on any atom is -0.481 e. The van der Waals surface area contributed by atoms with Crippen molar-refractivity contribution in [2.45, 2.75) is 25.2 Å². The lowest BCUT2D eigenvalue weighted by Gasteiger charge is -2.25. The van der Waals surface area contributed by atoms with Crippen LogP contribution in [0.1, 0.15) is 25.3 Å². The molecule has 0 bridgehead atoms. The van der Waals surface area contributed by atoms with Gasteiger partial charge in [0.05, 0.1) is 5.41 Å². The third-order valence-corrected chi connectivity index (χ3v) is 3.50. The summed E-state index contributed by atoms with van der Waals surface area (Å²) in [6.07, 6.45) is 1.99. The topological polar surface area (TPSA) is 37.3 Å². The molecule has 3 heteroatoms. The van der Waals surface area contributed by atoms with Gasteiger partial charge >= 0.3 is 5.97 Å². The summed E-state index contributed by atoms with van der Waals surface area (Å²) in [5.74, 6) is -0.499. The number of carboxylic acids is 1. The van der Waals surface area contributed by atoms with Crippen LogP contribution >= 0.6 is 11.6 Å². The fourth-order valence-electron chi connectivity index (χ4n) is 2.01. The third kappa shape index (κ3) is 1.74. The van der Waals surface area contributed by atoms with Crippen LogP contribution in [0.5, 0.6) is 0 Å². The molecule has 1 atom stereocenters. The van der Waals surface area contributed by atoms with Gasteiger partial charge in [-0.25, -0.2) is 0 Å². The Bertz CT molecular complexity index is 398. The molecule has 0 aliphatic heterocycles. The largest absolute Gasteiger partial charge is 0.481 e. The molecule has 1 saturated carbocycles. The first kappa shape index (κ1) is 10.5. The second-order valence-electron chi connectivity index (χ2n) is 4.29. The zero-order valence-corrected chi connectivity index (χ0v) is 9.29. The summed E-state index contributed by atoms with van der Waals surface area (Å²) in [7, 11) is 0. The SMILES string of the molecule is CC(C(=O)O)(c1cccc(Cl)c1)C1CC1. The summed E-state index contributed by atoms with van der Waals surface area (Å²) < 4.78 is 0. The van der Waals surface area contributed by atoms with Crippen LogP contribution in [0.25, 0.3) is 0 Å². The van der Waals surface area contributed by atoms with Crippen molar-refractivity contribution in [3.63, 3.8) is 0 Å². The lowest BCUT2D eigenvalue weighted by molar-refractivity contribution is -0.144. The van der Waals surface area contributed by atoms with Gasteiger partial charge in [-0.05, 0) is 43.4 Å². The molecular formula is C12H13ClO2. The van der Waals surface area contributed by atoms with Crippen LogP contribution in [0, 0.1) is 5.92 Å². The first-order chi connectivity index (χ1) is 7.05. The van der Waals surface area contributed by atoms with E-state index < -0.39 is 11.4 Å². The molecule has 80 valence electrons. The number of carbonyl (C=O) groups is 1. The van der Waals surface area contributed by atoms with E-state index in [2.05, 4.69) is 0 Å². The first-order valence-corrected chi connectivity index (χ1v) is 5.42. The summed E-state index contributed by atoms with van der Waals surface area (Å²) in [5.41, 5.74) is 0.0373. The molecule has 0 spiro atoms. The van der Waals surface area contributed by atoms with Crippen molar-refractivity contribution in [3.8, 4) is 0 Å². The van der Waals surface area contributed by atoms with Crippen LogP contribution in [0.3, 0.4) is 0 Å². The molecule has 2 nitrogen and oxygen atoms in total. The predicted octanol–water partition coefficient (Wildman–Crippen LogP) is 3.09. The fourth-order valence-corrected chi connectivity index (χ4v) is 2.20. The number of hydrogen-bond donors (Lipinski definition) is 1. The number of benzene rings is 1. The smallest absolute Gasteiger partial charge is 0.314 e. The van der Waals surface area contributed by atoms with Gasteiger partial charge in [0.25, 0.3) is 0 Å². The highest BCUT2D eigenvalue weighted by Gasteiger charge is 2.48. The molecule has 2 rings (SSSR count). The van der Waals surface area contributed by atoms with Crippen LogP contribution in [0.2, 0.25) is 5.02 Å². The van der Waals surface area contributed by atoms with Gasteiger partial charge in [0.2, 0.25) is 0 Å². The Labute approximate surface area is 93.9 Å². The van der Waals surface area contributed by atoms with Crippen molar-refractivity contribution < 1.29 is 9.90 Å². The monoisotopic (exact) mass is 224 g/mol. The van der Waals surface area contributed by atoms with E-state index in [1.165, 1.54) is 0 Å². The van der Waals surface area contributed by atoms with E-state index in [1.54, 1.807) is 25.1 Å². The number of hydrogen-bond acceptors (Lipinski definition) is 1. The summed E-state index contributed by atoms with van der Waals surface area (Å²) in [4.78, 5) is 11.4. The van der Waals surface area contributed by atoms with Crippen LogP contribution in [0.15, 0.2) is 24.3 Å². The quantitative estimate of drug-likeness (QED) is 0.857.